The molecule has 0 fully saturated rings. The second-order valence-electron chi connectivity index (χ2n) is 4.99. The van der Waals surface area contributed by atoms with E-state index in [1.165, 1.54) is 5.56 Å². The molecule has 5 nitrogen and oxygen atoms in total. The van der Waals surface area contributed by atoms with Gasteiger partial charge in [0.1, 0.15) is 5.45 Å². The van der Waals surface area contributed by atoms with E-state index in [0.29, 0.717) is 20.7 Å². The largest absolute Gasteiger partial charge is 0.385 e. The van der Waals surface area contributed by atoms with Gasteiger partial charge >= 0.3 is 0 Å². The number of oxime groups is 1. The first-order chi connectivity index (χ1) is 10.7. The summed E-state index contributed by atoms with van der Waals surface area (Å²) < 4.78 is 0. The number of benzene rings is 1. The average molecular weight is 313 g/mol. The van der Waals surface area contributed by atoms with Gasteiger partial charge in [0.15, 0.2) is 5.85 Å². The molecule has 112 valence electrons. The summed E-state index contributed by atoms with van der Waals surface area (Å²) in [5, 5.41) is 7.00. The van der Waals surface area contributed by atoms with E-state index in [0.717, 1.165) is 11.0 Å². The molecule has 6 heteroatoms. The highest BCUT2D eigenvalue weighted by Gasteiger charge is 2.22. The highest BCUT2D eigenvalue weighted by atomic mass is 31.1. The van der Waals surface area contributed by atoms with Gasteiger partial charge in [0, 0.05) is 23.5 Å². The van der Waals surface area contributed by atoms with Crippen LogP contribution < -0.4 is 5.32 Å². The third-order valence-corrected chi connectivity index (χ3v) is 4.57. The number of nitrogens with zero attached hydrogens (tertiary/aromatic N) is 2. The van der Waals surface area contributed by atoms with Gasteiger partial charge in [-0.3, -0.25) is 9.78 Å². The maximum Gasteiger partial charge on any atom is 0.251 e. The quantitative estimate of drug-likeness (QED) is 0.882. The molecule has 1 aromatic heterocycles. The van der Waals surface area contributed by atoms with E-state index >= 15 is 0 Å². The Hall–Kier alpha value is -2.26. The Bertz CT molecular complexity index is 686. The summed E-state index contributed by atoms with van der Waals surface area (Å²) in [6.07, 6.45) is 3.20. The molecular weight excluding hydrogens is 297 g/mol. The fourth-order valence-corrected chi connectivity index (χ4v) is 3.10. The smallest absolute Gasteiger partial charge is 0.251 e. The maximum atomic E-state index is 12.0. The van der Waals surface area contributed by atoms with Crippen LogP contribution in [0, 0.1) is 6.92 Å². The Morgan fingerprint density at radius 2 is 1.95 bits per heavy atom. The number of nitrogens with one attached hydrogen (secondary N) is 1. The van der Waals surface area contributed by atoms with Gasteiger partial charge in [-0.25, -0.2) is 0 Å². The summed E-state index contributed by atoms with van der Waals surface area (Å²) in [5.41, 5.74) is 3.83. The third-order valence-electron chi connectivity index (χ3n) is 3.28. The third kappa shape index (κ3) is 3.49. The molecule has 1 aliphatic heterocycles. The molecule has 1 amide bonds. The lowest BCUT2D eigenvalue weighted by Gasteiger charge is -2.09. The van der Waals surface area contributed by atoms with Crippen LogP contribution in [0.4, 0.5) is 0 Å². The van der Waals surface area contributed by atoms with Gasteiger partial charge < -0.3 is 10.2 Å². The molecule has 2 heterocycles. The Labute approximate surface area is 130 Å². The van der Waals surface area contributed by atoms with Crippen LogP contribution in [0.2, 0.25) is 0 Å². The molecule has 1 N–H and O–H groups in total. The molecule has 2 aromatic rings. The number of amides is 1. The molecule has 0 spiro atoms. The first-order valence-corrected chi connectivity index (χ1v) is 8.06. The Morgan fingerprint density at radius 3 is 2.68 bits per heavy atom. The first-order valence-electron chi connectivity index (χ1n) is 6.98. The van der Waals surface area contributed by atoms with Crippen LogP contribution in [-0.2, 0) is 4.84 Å². The van der Waals surface area contributed by atoms with Crippen molar-refractivity contribution in [2.45, 2.75) is 12.8 Å². The van der Waals surface area contributed by atoms with E-state index in [4.69, 9.17) is 4.84 Å². The van der Waals surface area contributed by atoms with Gasteiger partial charge in [-0.2, -0.15) is 0 Å². The van der Waals surface area contributed by atoms with Crippen molar-refractivity contribution in [1.82, 2.24) is 10.3 Å². The lowest BCUT2D eigenvalue weighted by atomic mass is 10.2. The number of carbonyl (C=O) groups excluding carboxylic acids is 1. The molecular formula is C16H16N3O2P. The molecule has 1 aliphatic rings. The molecule has 0 radical (unpaired) electrons. The van der Waals surface area contributed by atoms with Gasteiger partial charge in [0.2, 0.25) is 0 Å². The fraction of sp³-hybridized carbons (Fsp3) is 0.188. The summed E-state index contributed by atoms with van der Waals surface area (Å²) in [7, 11) is 0.423. The van der Waals surface area contributed by atoms with E-state index in [1.807, 2.05) is 12.1 Å². The monoisotopic (exact) mass is 313 g/mol. The lowest BCUT2D eigenvalue weighted by molar-refractivity contribution is 0.0899. The normalized spacial score (nSPS) is 17.9. The molecule has 0 saturated carbocycles. The molecule has 22 heavy (non-hydrogen) atoms. The summed E-state index contributed by atoms with van der Waals surface area (Å²) in [5.74, 6) is -0.221. The fourth-order valence-electron chi connectivity index (χ4n) is 2.05. The highest BCUT2D eigenvalue weighted by molar-refractivity contribution is 7.60. The van der Waals surface area contributed by atoms with Gasteiger partial charge in [-0.1, -0.05) is 35.0 Å². The van der Waals surface area contributed by atoms with Crippen molar-refractivity contribution in [2.24, 2.45) is 5.16 Å². The first kappa shape index (κ1) is 14.7. The van der Waals surface area contributed by atoms with E-state index in [1.54, 1.807) is 24.5 Å². The van der Waals surface area contributed by atoms with Gasteiger partial charge in [-0.15, -0.1) is 0 Å². The topological polar surface area (TPSA) is 63.6 Å². The van der Waals surface area contributed by atoms with Crippen LogP contribution in [0.5, 0.6) is 0 Å². The number of carbonyl (C=O) groups is 1. The predicted molar refractivity (Wildman–Crippen MR) is 87.5 cm³/mol. The number of aromatic nitrogens is 1. The Morgan fingerprint density at radius 1 is 1.23 bits per heavy atom. The van der Waals surface area contributed by atoms with Crippen molar-refractivity contribution < 1.29 is 9.63 Å². The molecule has 0 saturated heterocycles. The Balaban J connectivity index is 1.52. The van der Waals surface area contributed by atoms with Crippen LogP contribution in [0.3, 0.4) is 0 Å². The predicted octanol–water partition coefficient (Wildman–Crippen LogP) is 2.52. The zero-order valence-corrected chi connectivity index (χ0v) is 13.1. The van der Waals surface area contributed by atoms with Crippen molar-refractivity contribution in [3.63, 3.8) is 0 Å². The number of hydrogen-bond acceptors (Lipinski definition) is 4. The van der Waals surface area contributed by atoms with E-state index in [9.17, 15) is 4.79 Å². The minimum atomic E-state index is -0.125. The van der Waals surface area contributed by atoms with Crippen LogP contribution in [0.1, 0.15) is 21.5 Å². The van der Waals surface area contributed by atoms with E-state index in [-0.39, 0.29) is 11.8 Å². The second kappa shape index (κ2) is 6.67. The molecule has 2 unspecified atom stereocenters. The summed E-state index contributed by atoms with van der Waals surface area (Å²) in [6.45, 7) is 2.49. The van der Waals surface area contributed by atoms with Gasteiger partial charge in [0.05, 0.1) is 6.54 Å². The van der Waals surface area contributed by atoms with Crippen molar-refractivity contribution in [3.8, 4) is 0 Å². The molecule has 0 aliphatic carbocycles. The number of aryl methyl sites for hydroxylation is 1. The SMILES string of the molecule is Cc1ccc(C2=NOC(CNC(=O)c3ccncc3)P2)cc1. The summed E-state index contributed by atoms with van der Waals surface area (Å²) in [4.78, 5) is 21.3. The number of pyridine rings is 1. The maximum absolute atomic E-state index is 12.0. The zero-order chi connectivity index (χ0) is 15.4. The van der Waals surface area contributed by atoms with Crippen LogP contribution >= 0.6 is 8.58 Å². The molecule has 3 rings (SSSR count). The van der Waals surface area contributed by atoms with Gasteiger partial charge in [-0.05, 0) is 27.6 Å². The summed E-state index contributed by atoms with van der Waals surface area (Å²) in [6, 6.07) is 11.6. The standard InChI is InChI=1S/C16H16N3O2P/c1-11-2-4-13(5-3-11)16-19-21-14(22-16)10-18-15(20)12-6-8-17-9-7-12/h2-9,14,22H,10H2,1H3,(H,18,20). The Kier molecular flexibility index (Phi) is 4.45. The average Bonchev–Trinajstić information content (AvgIpc) is 3.03. The van der Waals surface area contributed by atoms with Crippen LogP contribution in [0.25, 0.3) is 0 Å². The number of hydrogen-bond donors (Lipinski definition) is 1. The second-order valence-corrected chi connectivity index (χ2v) is 6.40. The minimum absolute atomic E-state index is 0.0953. The molecule has 0 bridgehead atoms. The minimum Gasteiger partial charge on any atom is -0.385 e. The molecule has 2 atom stereocenters. The highest BCUT2D eigenvalue weighted by Crippen LogP contribution is 2.32. The van der Waals surface area contributed by atoms with Crippen molar-refractivity contribution >= 4 is 19.9 Å². The van der Waals surface area contributed by atoms with E-state index in [2.05, 4.69) is 34.5 Å². The van der Waals surface area contributed by atoms with Crippen LogP contribution in [0.15, 0.2) is 53.9 Å². The number of rotatable bonds is 4. The van der Waals surface area contributed by atoms with Crippen molar-refractivity contribution in [2.75, 3.05) is 6.54 Å². The van der Waals surface area contributed by atoms with Crippen molar-refractivity contribution in [1.29, 1.82) is 0 Å². The summed E-state index contributed by atoms with van der Waals surface area (Å²) >= 11 is 0. The lowest BCUT2D eigenvalue weighted by Crippen LogP contribution is -2.30. The molecule has 1 aromatic carbocycles. The van der Waals surface area contributed by atoms with Crippen LogP contribution in [-0.4, -0.2) is 28.7 Å². The van der Waals surface area contributed by atoms with Crippen molar-refractivity contribution in [3.05, 3.63) is 65.5 Å². The van der Waals surface area contributed by atoms with E-state index < -0.39 is 0 Å². The van der Waals surface area contributed by atoms with Gasteiger partial charge in [0.25, 0.3) is 5.91 Å². The zero-order valence-electron chi connectivity index (χ0n) is 12.1.